The summed E-state index contributed by atoms with van der Waals surface area (Å²) in [6, 6.07) is 32.4. The SMILES string of the molecule is CC1=Cc2c(ccc(C)c2-c2ccccc2)[CH]1[Zr+2]1[c]2cccc3c2[SiH]1c1ccccc1-3.[Cl-].[Cl-]. The van der Waals surface area contributed by atoms with E-state index in [4.69, 9.17) is 0 Å². The smallest absolute Gasteiger partial charge is 1.00 e. The third-order valence-corrected chi connectivity index (χ3v) is 30.1. The summed E-state index contributed by atoms with van der Waals surface area (Å²) in [5.74, 6) is -0.994. The van der Waals surface area contributed by atoms with Gasteiger partial charge in [-0.05, 0) is 0 Å². The number of halogens is 2. The van der Waals surface area contributed by atoms with Crippen molar-refractivity contribution in [2.45, 2.75) is 17.5 Å². The molecule has 0 saturated carbocycles. The van der Waals surface area contributed by atoms with Crippen LogP contribution < -0.4 is 38.5 Å². The second kappa shape index (κ2) is 8.51. The Morgan fingerprint density at radius 2 is 1.45 bits per heavy atom. The van der Waals surface area contributed by atoms with Crippen LogP contribution in [0, 0.1) is 6.92 Å². The van der Waals surface area contributed by atoms with E-state index in [1.807, 2.05) is 8.46 Å². The molecule has 1 aliphatic carbocycles. The Balaban J connectivity index is 0.00000114. The van der Waals surface area contributed by atoms with Gasteiger partial charge in [0.1, 0.15) is 0 Å². The van der Waals surface area contributed by atoms with Gasteiger partial charge in [-0.25, -0.2) is 0 Å². The molecule has 0 amide bonds. The molecule has 4 heteroatoms. The summed E-state index contributed by atoms with van der Waals surface area (Å²) < 4.78 is 2.53. The zero-order valence-corrected chi connectivity index (χ0v) is 23.7. The molecule has 161 valence electrons. The van der Waals surface area contributed by atoms with E-state index < -0.39 is 26.8 Å². The van der Waals surface area contributed by atoms with Crippen LogP contribution in [0.3, 0.4) is 0 Å². The molecule has 0 fully saturated rings. The second-order valence-electron chi connectivity index (χ2n) is 9.19. The monoisotopic (exact) mass is 559 g/mol. The minimum absolute atomic E-state index is 0. The van der Waals surface area contributed by atoms with Gasteiger partial charge < -0.3 is 24.8 Å². The summed E-state index contributed by atoms with van der Waals surface area (Å²) >= 11 is -1.84. The van der Waals surface area contributed by atoms with Gasteiger partial charge in [0.25, 0.3) is 0 Å². The third-order valence-electron chi connectivity index (χ3n) is 7.58. The maximum absolute atomic E-state index is 2.54. The van der Waals surface area contributed by atoms with Gasteiger partial charge in [-0.3, -0.25) is 0 Å². The molecule has 2 atom stereocenters. The van der Waals surface area contributed by atoms with Crippen LogP contribution in [-0.4, -0.2) is 5.92 Å². The average Bonchev–Trinajstić information content (AvgIpc) is 3.28. The molecule has 4 aromatic carbocycles. The molecule has 0 radical (unpaired) electrons. The molecule has 4 aromatic rings. The predicted octanol–water partition coefficient (Wildman–Crippen LogP) is -1.10. The van der Waals surface area contributed by atoms with Gasteiger partial charge in [-0.2, -0.15) is 0 Å². The molecule has 2 heterocycles. The van der Waals surface area contributed by atoms with Gasteiger partial charge >= 0.3 is 193 Å². The molecular weight excluding hydrogens is 539 g/mol. The van der Waals surface area contributed by atoms with E-state index in [1.165, 1.54) is 22.3 Å². The van der Waals surface area contributed by atoms with Crippen LogP contribution in [0.1, 0.15) is 27.2 Å². The van der Waals surface area contributed by atoms with Crippen molar-refractivity contribution in [2.24, 2.45) is 0 Å². The van der Waals surface area contributed by atoms with Crippen LogP contribution in [-0.2, 0) is 20.9 Å². The van der Waals surface area contributed by atoms with Crippen molar-refractivity contribution >= 4 is 25.6 Å². The van der Waals surface area contributed by atoms with Gasteiger partial charge in [0.2, 0.25) is 0 Å². The van der Waals surface area contributed by atoms with Crippen molar-refractivity contribution in [1.29, 1.82) is 0 Å². The molecule has 7 rings (SSSR count). The van der Waals surface area contributed by atoms with E-state index in [-0.39, 0.29) is 24.8 Å². The summed E-state index contributed by atoms with van der Waals surface area (Å²) in [5, 5.41) is 3.57. The largest absolute Gasteiger partial charge is 1.00 e. The van der Waals surface area contributed by atoms with Crippen molar-refractivity contribution in [2.75, 3.05) is 0 Å². The average molecular weight is 562 g/mol. The first-order valence-electron chi connectivity index (χ1n) is 11.2. The fourth-order valence-corrected chi connectivity index (χ4v) is 32.7. The molecule has 0 bridgehead atoms. The van der Waals surface area contributed by atoms with Crippen LogP contribution in [0.4, 0.5) is 0 Å². The van der Waals surface area contributed by atoms with Crippen LogP contribution in [0.5, 0.6) is 0 Å². The first-order chi connectivity index (χ1) is 15.2. The predicted molar refractivity (Wildman–Crippen MR) is 131 cm³/mol. The van der Waals surface area contributed by atoms with Gasteiger partial charge in [0.15, 0.2) is 0 Å². The van der Waals surface area contributed by atoms with E-state index in [1.54, 1.807) is 27.5 Å². The number of rotatable bonds is 2. The minimum atomic E-state index is -1.84. The van der Waals surface area contributed by atoms with Crippen LogP contribution in [0.2, 0.25) is 0 Å². The molecule has 0 spiro atoms. The molecule has 33 heavy (non-hydrogen) atoms. The molecule has 0 saturated heterocycles. The quantitative estimate of drug-likeness (QED) is 0.273. The Bertz CT molecular complexity index is 1430. The van der Waals surface area contributed by atoms with Crippen LogP contribution >= 0.6 is 0 Å². The number of benzene rings is 4. The van der Waals surface area contributed by atoms with E-state index >= 15 is 0 Å². The Morgan fingerprint density at radius 3 is 2.27 bits per heavy atom. The van der Waals surface area contributed by atoms with Gasteiger partial charge in [-0.1, -0.05) is 0 Å². The van der Waals surface area contributed by atoms with Crippen molar-refractivity contribution in [1.82, 2.24) is 0 Å². The first kappa shape index (κ1) is 23.1. The van der Waals surface area contributed by atoms with Crippen LogP contribution in [0.15, 0.2) is 90.5 Å². The Hall–Kier alpha value is -1.70. The van der Waals surface area contributed by atoms with E-state index in [0.717, 1.165) is 0 Å². The molecular formula is C29H23Cl2SiZr. The Morgan fingerprint density at radius 1 is 0.727 bits per heavy atom. The maximum Gasteiger partial charge on any atom is -1.00 e. The van der Waals surface area contributed by atoms with Gasteiger partial charge in [0.05, 0.1) is 0 Å². The molecule has 0 nitrogen and oxygen atoms in total. The molecule has 0 aromatic heterocycles. The molecule has 2 unspecified atom stereocenters. The molecule has 3 aliphatic rings. The fourth-order valence-electron chi connectivity index (χ4n) is 6.34. The second-order valence-corrected chi connectivity index (χ2v) is 24.2. The van der Waals surface area contributed by atoms with E-state index in [2.05, 4.69) is 105 Å². The Labute approximate surface area is 216 Å². The van der Waals surface area contributed by atoms with Crippen LogP contribution in [0.25, 0.3) is 28.3 Å². The topological polar surface area (TPSA) is 0 Å². The van der Waals surface area contributed by atoms with Gasteiger partial charge in [-0.15, -0.1) is 0 Å². The number of hydrogen-bond acceptors (Lipinski definition) is 0. The number of hydrogen-bond donors (Lipinski definition) is 0. The zero-order valence-electron chi connectivity index (χ0n) is 18.6. The Kier molecular flexibility index (Phi) is 5.94. The van der Waals surface area contributed by atoms with Crippen molar-refractivity contribution in [3.8, 4) is 22.3 Å². The first-order valence-corrected chi connectivity index (χ1v) is 19.8. The zero-order chi connectivity index (χ0) is 20.7. The summed E-state index contributed by atoms with van der Waals surface area (Å²) in [7, 11) is 0. The number of allylic oxidation sites excluding steroid dienone is 1. The summed E-state index contributed by atoms with van der Waals surface area (Å²) in [5.41, 5.74) is 12.1. The number of fused-ring (bicyclic) bond motifs is 4. The molecule has 0 N–H and O–H groups in total. The fraction of sp³-hybridized carbons (Fsp3) is 0.103. The van der Waals surface area contributed by atoms with E-state index in [0.29, 0.717) is 3.63 Å². The summed E-state index contributed by atoms with van der Waals surface area (Å²) in [6.45, 7) is 4.69. The number of aryl methyl sites for hydroxylation is 1. The van der Waals surface area contributed by atoms with Crippen molar-refractivity contribution in [3.63, 3.8) is 0 Å². The normalized spacial score (nSPS) is 18.2. The van der Waals surface area contributed by atoms with E-state index in [9.17, 15) is 0 Å². The van der Waals surface area contributed by atoms with Crippen molar-refractivity contribution in [3.05, 3.63) is 107 Å². The summed E-state index contributed by atoms with van der Waals surface area (Å²) in [4.78, 5) is 0. The minimum Gasteiger partial charge on any atom is -1.00 e. The maximum atomic E-state index is 2.54. The molecule has 2 aliphatic heterocycles. The van der Waals surface area contributed by atoms with Gasteiger partial charge in [0, 0.05) is 0 Å². The summed E-state index contributed by atoms with van der Waals surface area (Å²) in [6.07, 6.45) is 2.54. The van der Waals surface area contributed by atoms with Crippen molar-refractivity contribution < 1.29 is 45.7 Å². The third kappa shape index (κ3) is 3.11. The standard InChI is InChI=1S/C17H15.C12H8Si.2ClH.Zr/c1-12-10-15-9-8-13(2)17(16(15)11-12)14-6-4-3-5-7-14;1-3-7-11-9(5-1)10-6-2-4-8-12(10)13-11;;;/h3-11H,1-2H3;1-7,13H;2*1H;/q;;;;+2/p-2.